The van der Waals surface area contributed by atoms with Crippen molar-refractivity contribution in [3.63, 3.8) is 0 Å². The first kappa shape index (κ1) is 23.6. The molecule has 8 nitrogen and oxygen atoms in total. The summed E-state index contributed by atoms with van der Waals surface area (Å²) in [7, 11) is 0. The van der Waals surface area contributed by atoms with Crippen LogP contribution in [0.15, 0.2) is 53.5 Å². The number of amides is 1. The fraction of sp³-hybridized carbons (Fsp3) is 0.333. The monoisotopic (exact) mass is 523 g/mol. The summed E-state index contributed by atoms with van der Waals surface area (Å²) in [6.45, 7) is 4.52. The third-order valence-electron chi connectivity index (χ3n) is 4.69. The van der Waals surface area contributed by atoms with Crippen molar-refractivity contribution >= 4 is 47.2 Å². The number of carbonyl (C=O) groups excluding carboxylic acids is 1. The summed E-state index contributed by atoms with van der Waals surface area (Å²) >= 11 is 0. The second-order valence-corrected chi connectivity index (χ2v) is 6.79. The Kier molecular flexibility index (Phi) is 9.03. The molecule has 0 atom stereocenters. The fourth-order valence-corrected chi connectivity index (χ4v) is 3.14. The number of nitro groups is 1. The van der Waals surface area contributed by atoms with Crippen LogP contribution >= 0.6 is 24.0 Å². The van der Waals surface area contributed by atoms with Crippen LogP contribution in [0, 0.1) is 10.1 Å². The smallest absolute Gasteiger partial charge is 0.269 e. The van der Waals surface area contributed by atoms with Gasteiger partial charge in [-0.25, -0.2) is 4.99 Å². The van der Waals surface area contributed by atoms with E-state index in [0.29, 0.717) is 25.5 Å². The molecule has 0 aliphatic carbocycles. The van der Waals surface area contributed by atoms with E-state index in [1.54, 1.807) is 12.1 Å². The van der Waals surface area contributed by atoms with E-state index in [1.807, 2.05) is 36.1 Å². The molecule has 0 unspecified atom stereocenters. The van der Waals surface area contributed by atoms with E-state index in [-0.39, 0.29) is 35.6 Å². The zero-order chi connectivity index (χ0) is 20.6. The van der Waals surface area contributed by atoms with Gasteiger partial charge in [-0.3, -0.25) is 14.9 Å². The molecule has 1 saturated heterocycles. The van der Waals surface area contributed by atoms with Crippen molar-refractivity contribution in [2.75, 3.05) is 18.0 Å². The van der Waals surface area contributed by atoms with Crippen molar-refractivity contribution < 1.29 is 9.72 Å². The summed E-state index contributed by atoms with van der Waals surface area (Å²) in [4.78, 5) is 28.6. The Labute approximate surface area is 192 Å². The minimum absolute atomic E-state index is 0. The number of aliphatic imine (C=N–C) groups is 1. The van der Waals surface area contributed by atoms with Gasteiger partial charge in [-0.2, -0.15) is 0 Å². The number of non-ortho nitro benzene ring substituents is 1. The number of hydrogen-bond acceptors (Lipinski definition) is 4. The lowest BCUT2D eigenvalue weighted by molar-refractivity contribution is -0.384. The summed E-state index contributed by atoms with van der Waals surface area (Å²) in [6, 6.07) is 14.4. The van der Waals surface area contributed by atoms with Crippen molar-refractivity contribution in [2.24, 2.45) is 4.99 Å². The fourth-order valence-electron chi connectivity index (χ4n) is 3.14. The van der Waals surface area contributed by atoms with Gasteiger partial charge in [0.1, 0.15) is 0 Å². The summed E-state index contributed by atoms with van der Waals surface area (Å²) in [5.74, 6) is 0.852. The summed E-state index contributed by atoms with van der Waals surface area (Å²) in [6.07, 6.45) is 1.54. The average molecular weight is 523 g/mol. The van der Waals surface area contributed by atoms with Gasteiger partial charge in [0.15, 0.2) is 5.96 Å². The number of hydrogen-bond donors (Lipinski definition) is 2. The van der Waals surface area contributed by atoms with Gasteiger partial charge in [0.05, 0.1) is 11.5 Å². The molecule has 160 valence electrons. The van der Waals surface area contributed by atoms with Gasteiger partial charge in [0, 0.05) is 43.9 Å². The molecule has 2 aromatic carbocycles. The number of halogens is 1. The number of rotatable bonds is 7. The van der Waals surface area contributed by atoms with E-state index in [0.717, 1.165) is 36.3 Å². The van der Waals surface area contributed by atoms with E-state index < -0.39 is 4.92 Å². The van der Waals surface area contributed by atoms with E-state index in [9.17, 15) is 14.9 Å². The Morgan fingerprint density at radius 3 is 2.33 bits per heavy atom. The number of anilines is 1. The van der Waals surface area contributed by atoms with Crippen molar-refractivity contribution in [3.8, 4) is 0 Å². The molecule has 2 N–H and O–H groups in total. The van der Waals surface area contributed by atoms with Gasteiger partial charge < -0.3 is 15.5 Å². The normalized spacial score (nSPS) is 13.7. The lowest BCUT2D eigenvalue weighted by atomic mass is 10.2. The molecular formula is C21H26IN5O3. The van der Waals surface area contributed by atoms with Crippen molar-refractivity contribution in [2.45, 2.75) is 32.9 Å². The maximum absolute atomic E-state index is 11.8. The summed E-state index contributed by atoms with van der Waals surface area (Å²) in [5.41, 5.74) is 2.99. The van der Waals surface area contributed by atoms with Gasteiger partial charge in [-0.15, -0.1) is 24.0 Å². The first-order valence-corrected chi connectivity index (χ1v) is 9.71. The molecule has 1 amide bonds. The van der Waals surface area contributed by atoms with Crippen LogP contribution in [0.1, 0.15) is 30.9 Å². The zero-order valence-electron chi connectivity index (χ0n) is 16.8. The molecule has 1 fully saturated rings. The number of nitrogens with zero attached hydrogens (tertiary/aromatic N) is 3. The lowest BCUT2D eigenvalue weighted by Gasteiger charge is -2.16. The summed E-state index contributed by atoms with van der Waals surface area (Å²) < 4.78 is 0. The third-order valence-corrected chi connectivity index (χ3v) is 4.69. The van der Waals surface area contributed by atoms with Crippen molar-refractivity contribution in [1.29, 1.82) is 0 Å². The summed E-state index contributed by atoms with van der Waals surface area (Å²) in [5, 5.41) is 17.2. The molecule has 1 heterocycles. The number of nitro benzene ring substituents is 1. The van der Waals surface area contributed by atoms with Gasteiger partial charge >= 0.3 is 0 Å². The average Bonchev–Trinajstić information content (AvgIpc) is 3.16. The predicted octanol–water partition coefficient (Wildman–Crippen LogP) is 3.59. The highest BCUT2D eigenvalue weighted by molar-refractivity contribution is 14.0. The number of nitrogens with one attached hydrogen (secondary N) is 2. The first-order valence-electron chi connectivity index (χ1n) is 9.71. The topological polar surface area (TPSA) is 99.9 Å². The molecule has 30 heavy (non-hydrogen) atoms. The maximum atomic E-state index is 11.8. The molecule has 1 aliphatic heterocycles. The Hall–Kier alpha value is -2.69. The molecule has 0 radical (unpaired) electrons. The Bertz CT molecular complexity index is 885. The van der Waals surface area contributed by atoms with Crippen LogP contribution in [-0.2, 0) is 17.9 Å². The molecule has 3 rings (SSSR count). The first-order chi connectivity index (χ1) is 14.1. The van der Waals surface area contributed by atoms with Gasteiger partial charge in [-0.05, 0) is 36.6 Å². The van der Waals surface area contributed by atoms with Crippen LogP contribution in [0.25, 0.3) is 0 Å². The Morgan fingerprint density at radius 1 is 1.10 bits per heavy atom. The number of carbonyl (C=O) groups is 1. The number of guanidine groups is 1. The standard InChI is InChI=1S/C21H25N5O3.HI/c1-2-22-21(24-15-17-7-11-19(12-8-17)26(28)29)23-14-16-5-9-18(10-6-16)25-13-3-4-20(25)27;/h5-12H,2-4,13-15H2,1H3,(H2,22,23,24);1H. The van der Waals surface area contributed by atoms with E-state index in [1.165, 1.54) is 12.1 Å². The van der Waals surface area contributed by atoms with Gasteiger partial charge in [0.25, 0.3) is 5.69 Å². The van der Waals surface area contributed by atoms with Gasteiger partial charge in [0.2, 0.25) is 5.91 Å². The molecular weight excluding hydrogens is 497 g/mol. The van der Waals surface area contributed by atoms with E-state index in [2.05, 4.69) is 15.6 Å². The van der Waals surface area contributed by atoms with E-state index in [4.69, 9.17) is 0 Å². The third kappa shape index (κ3) is 6.41. The highest BCUT2D eigenvalue weighted by Crippen LogP contribution is 2.21. The largest absolute Gasteiger partial charge is 0.357 e. The van der Waals surface area contributed by atoms with E-state index >= 15 is 0 Å². The van der Waals surface area contributed by atoms with Crippen molar-refractivity contribution in [3.05, 3.63) is 69.8 Å². The highest BCUT2D eigenvalue weighted by atomic mass is 127. The molecule has 9 heteroatoms. The van der Waals surface area contributed by atoms with Crippen LogP contribution in [0.4, 0.5) is 11.4 Å². The van der Waals surface area contributed by atoms with Gasteiger partial charge in [-0.1, -0.05) is 24.3 Å². The maximum Gasteiger partial charge on any atom is 0.269 e. The number of benzene rings is 2. The van der Waals surface area contributed by atoms with Crippen molar-refractivity contribution in [1.82, 2.24) is 10.6 Å². The Morgan fingerprint density at radius 2 is 1.77 bits per heavy atom. The van der Waals surface area contributed by atoms with Crippen LogP contribution in [0.5, 0.6) is 0 Å². The predicted molar refractivity (Wildman–Crippen MR) is 128 cm³/mol. The molecule has 1 aliphatic rings. The molecule has 0 bridgehead atoms. The highest BCUT2D eigenvalue weighted by Gasteiger charge is 2.21. The van der Waals surface area contributed by atoms with Crippen LogP contribution < -0.4 is 15.5 Å². The molecule has 0 saturated carbocycles. The minimum atomic E-state index is -0.409. The zero-order valence-corrected chi connectivity index (χ0v) is 19.2. The SMILES string of the molecule is CCNC(=NCc1ccc(N2CCCC2=O)cc1)NCc1ccc([N+](=O)[O-])cc1.I. The molecule has 0 aromatic heterocycles. The second-order valence-electron chi connectivity index (χ2n) is 6.79. The van der Waals surface area contributed by atoms with Crippen LogP contribution in [-0.4, -0.2) is 29.9 Å². The second kappa shape index (κ2) is 11.5. The van der Waals surface area contributed by atoms with Crippen LogP contribution in [0.2, 0.25) is 0 Å². The Balaban J connectivity index is 0.00000320. The molecule has 2 aromatic rings. The van der Waals surface area contributed by atoms with Crippen LogP contribution in [0.3, 0.4) is 0 Å². The minimum Gasteiger partial charge on any atom is -0.357 e. The quantitative estimate of drug-likeness (QED) is 0.190. The lowest BCUT2D eigenvalue weighted by Crippen LogP contribution is -2.36. The molecule has 0 spiro atoms.